The smallest absolute Gasteiger partial charge is 0.151 e. The number of para-hydroxylation sites is 1. The van der Waals surface area contributed by atoms with E-state index < -0.39 is 0 Å². The second-order valence-corrected chi connectivity index (χ2v) is 4.31. The van der Waals surface area contributed by atoms with Crippen molar-refractivity contribution in [3.05, 3.63) is 29.8 Å². The van der Waals surface area contributed by atoms with Gasteiger partial charge in [-0.3, -0.25) is 0 Å². The Balaban J connectivity index is 1.94. The average molecular weight is 235 g/mol. The highest BCUT2D eigenvalue weighted by atomic mass is 19.1. The van der Waals surface area contributed by atoms with Gasteiger partial charge in [-0.05, 0) is 18.6 Å². The van der Waals surface area contributed by atoms with Crippen LogP contribution in [0.5, 0.6) is 0 Å². The molecule has 1 aromatic heterocycles. The molecular formula is C12H14FN3O. The molecule has 3 rings (SSSR count). The quantitative estimate of drug-likeness (QED) is 0.833. The van der Waals surface area contributed by atoms with Crippen LogP contribution in [0, 0.1) is 5.82 Å². The zero-order valence-corrected chi connectivity index (χ0v) is 9.53. The van der Waals surface area contributed by atoms with Gasteiger partial charge in [0.2, 0.25) is 0 Å². The number of nitrogens with zero attached hydrogens (tertiary/aromatic N) is 1. The molecule has 1 saturated heterocycles. The number of rotatable bonds is 2. The third kappa shape index (κ3) is 1.81. The fourth-order valence-corrected chi connectivity index (χ4v) is 2.27. The van der Waals surface area contributed by atoms with Gasteiger partial charge in [-0.15, -0.1) is 0 Å². The van der Waals surface area contributed by atoms with Gasteiger partial charge in [-0.25, -0.2) is 9.37 Å². The van der Waals surface area contributed by atoms with E-state index in [0.717, 1.165) is 24.3 Å². The minimum atomic E-state index is -0.286. The summed E-state index contributed by atoms with van der Waals surface area (Å²) in [4.78, 5) is 7.47. The molecule has 4 nitrogen and oxygen atoms in total. The van der Waals surface area contributed by atoms with Crippen molar-refractivity contribution in [3.8, 4) is 0 Å². The molecule has 1 aliphatic heterocycles. The molecule has 2 heterocycles. The summed E-state index contributed by atoms with van der Waals surface area (Å²) in [7, 11) is 1.70. The van der Waals surface area contributed by atoms with Crippen molar-refractivity contribution < 1.29 is 9.13 Å². The maximum Gasteiger partial charge on any atom is 0.151 e. The Hall–Kier alpha value is -1.46. The molecule has 1 fully saturated rings. The Labute approximate surface area is 98.2 Å². The third-order valence-corrected chi connectivity index (χ3v) is 3.24. The summed E-state index contributed by atoms with van der Waals surface area (Å²) < 4.78 is 18.8. The van der Waals surface area contributed by atoms with E-state index in [9.17, 15) is 4.39 Å². The first-order valence-corrected chi connectivity index (χ1v) is 5.68. The van der Waals surface area contributed by atoms with Crippen molar-refractivity contribution >= 4 is 11.0 Å². The van der Waals surface area contributed by atoms with Crippen LogP contribution in [0.4, 0.5) is 4.39 Å². The van der Waals surface area contributed by atoms with E-state index in [1.807, 2.05) is 6.07 Å². The molecule has 2 unspecified atom stereocenters. The topological polar surface area (TPSA) is 49.9 Å². The first-order valence-electron chi connectivity index (χ1n) is 5.68. The van der Waals surface area contributed by atoms with Crippen LogP contribution in [0.15, 0.2) is 18.2 Å². The highest BCUT2D eigenvalue weighted by Crippen LogP contribution is 2.25. The SMILES string of the molecule is COC1CNC(c2nc3c(F)cccc3[nH]2)C1. The van der Waals surface area contributed by atoms with Crippen molar-refractivity contribution in [1.29, 1.82) is 0 Å². The largest absolute Gasteiger partial charge is 0.380 e. The number of nitrogens with one attached hydrogen (secondary N) is 2. The van der Waals surface area contributed by atoms with Gasteiger partial charge in [0.05, 0.1) is 17.7 Å². The van der Waals surface area contributed by atoms with Gasteiger partial charge in [0.1, 0.15) is 11.3 Å². The molecule has 1 aromatic carbocycles. The summed E-state index contributed by atoms with van der Waals surface area (Å²) in [6, 6.07) is 5.05. The molecule has 1 aliphatic rings. The molecule has 2 aromatic rings. The number of halogens is 1. The lowest BCUT2D eigenvalue weighted by Crippen LogP contribution is -2.16. The number of ether oxygens (including phenoxy) is 1. The number of hydrogen-bond donors (Lipinski definition) is 2. The average Bonchev–Trinajstić information content (AvgIpc) is 2.95. The van der Waals surface area contributed by atoms with Crippen molar-refractivity contribution in [1.82, 2.24) is 15.3 Å². The minimum absolute atomic E-state index is 0.117. The van der Waals surface area contributed by atoms with Gasteiger partial charge < -0.3 is 15.0 Å². The summed E-state index contributed by atoms with van der Waals surface area (Å²) in [5, 5.41) is 3.31. The van der Waals surface area contributed by atoms with Crippen LogP contribution in [-0.2, 0) is 4.74 Å². The lowest BCUT2D eigenvalue weighted by atomic mass is 10.2. The van der Waals surface area contributed by atoms with Crippen LogP contribution in [0.25, 0.3) is 11.0 Å². The zero-order valence-electron chi connectivity index (χ0n) is 9.53. The summed E-state index contributed by atoms with van der Waals surface area (Å²) in [6.45, 7) is 0.806. The number of methoxy groups -OCH3 is 1. The number of imidazole rings is 1. The van der Waals surface area contributed by atoms with Gasteiger partial charge in [0.25, 0.3) is 0 Å². The monoisotopic (exact) mass is 235 g/mol. The normalized spacial score (nSPS) is 24.6. The molecule has 17 heavy (non-hydrogen) atoms. The van der Waals surface area contributed by atoms with Crippen LogP contribution >= 0.6 is 0 Å². The summed E-state index contributed by atoms with van der Waals surface area (Å²) >= 11 is 0. The van der Waals surface area contributed by atoms with Crippen LogP contribution < -0.4 is 5.32 Å². The first kappa shape index (κ1) is 10.7. The number of benzene rings is 1. The highest BCUT2D eigenvalue weighted by molar-refractivity contribution is 5.75. The molecule has 2 atom stereocenters. The Morgan fingerprint density at radius 1 is 1.47 bits per heavy atom. The number of hydrogen-bond acceptors (Lipinski definition) is 3. The van der Waals surface area contributed by atoms with E-state index in [1.54, 1.807) is 13.2 Å². The molecule has 0 bridgehead atoms. The van der Waals surface area contributed by atoms with Crippen LogP contribution in [0.3, 0.4) is 0 Å². The summed E-state index contributed by atoms with van der Waals surface area (Å²) in [5.41, 5.74) is 1.15. The number of aromatic nitrogens is 2. The fourth-order valence-electron chi connectivity index (χ4n) is 2.27. The van der Waals surface area contributed by atoms with E-state index in [0.29, 0.717) is 5.52 Å². The van der Waals surface area contributed by atoms with E-state index in [1.165, 1.54) is 6.07 Å². The number of H-pyrrole nitrogens is 1. The molecular weight excluding hydrogens is 221 g/mol. The molecule has 0 amide bonds. The number of fused-ring (bicyclic) bond motifs is 1. The van der Waals surface area contributed by atoms with Crippen molar-refractivity contribution in [3.63, 3.8) is 0 Å². The zero-order chi connectivity index (χ0) is 11.8. The molecule has 5 heteroatoms. The molecule has 2 N–H and O–H groups in total. The maximum atomic E-state index is 13.5. The standard InChI is InChI=1S/C12H14FN3O/c1-17-7-5-10(14-6-7)12-15-9-4-2-3-8(13)11(9)16-12/h2-4,7,10,14H,5-6H2,1H3,(H,15,16). The van der Waals surface area contributed by atoms with E-state index in [4.69, 9.17) is 4.74 Å². The summed E-state index contributed by atoms with van der Waals surface area (Å²) in [6.07, 6.45) is 1.07. The van der Waals surface area contributed by atoms with Crippen molar-refractivity contribution in [2.45, 2.75) is 18.6 Å². The molecule has 90 valence electrons. The first-order chi connectivity index (χ1) is 8.28. The Kier molecular flexibility index (Phi) is 2.57. The molecule has 0 spiro atoms. The second kappa shape index (κ2) is 4.09. The predicted octanol–water partition coefficient (Wildman–Crippen LogP) is 1.75. The summed E-state index contributed by atoms with van der Waals surface area (Å²) in [5.74, 6) is 0.496. The van der Waals surface area contributed by atoms with E-state index in [2.05, 4.69) is 15.3 Å². The lowest BCUT2D eigenvalue weighted by Gasteiger charge is -2.06. The molecule has 0 radical (unpaired) electrons. The molecule has 0 saturated carbocycles. The molecule has 0 aliphatic carbocycles. The second-order valence-electron chi connectivity index (χ2n) is 4.31. The van der Waals surface area contributed by atoms with Gasteiger partial charge in [0, 0.05) is 13.7 Å². The lowest BCUT2D eigenvalue weighted by molar-refractivity contribution is 0.117. The van der Waals surface area contributed by atoms with Crippen molar-refractivity contribution in [2.24, 2.45) is 0 Å². The van der Waals surface area contributed by atoms with Crippen LogP contribution in [-0.4, -0.2) is 29.7 Å². The predicted molar refractivity (Wildman–Crippen MR) is 62.2 cm³/mol. The van der Waals surface area contributed by atoms with E-state index in [-0.39, 0.29) is 18.0 Å². The van der Waals surface area contributed by atoms with Crippen LogP contribution in [0.2, 0.25) is 0 Å². The fraction of sp³-hybridized carbons (Fsp3) is 0.417. The maximum absolute atomic E-state index is 13.5. The van der Waals surface area contributed by atoms with Crippen LogP contribution in [0.1, 0.15) is 18.3 Å². The third-order valence-electron chi connectivity index (χ3n) is 3.24. The minimum Gasteiger partial charge on any atom is -0.380 e. The highest BCUT2D eigenvalue weighted by Gasteiger charge is 2.27. The van der Waals surface area contributed by atoms with Crippen molar-refractivity contribution in [2.75, 3.05) is 13.7 Å². The number of aromatic amines is 1. The Bertz CT molecular complexity index is 540. The van der Waals surface area contributed by atoms with Gasteiger partial charge in [-0.1, -0.05) is 6.07 Å². The Morgan fingerprint density at radius 3 is 3.06 bits per heavy atom. The van der Waals surface area contributed by atoms with Gasteiger partial charge in [0.15, 0.2) is 5.82 Å². The van der Waals surface area contributed by atoms with Gasteiger partial charge >= 0.3 is 0 Å². The van der Waals surface area contributed by atoms with E-state index >= 15 is 0 Å². The Morgan fingerprint density at radius 2 is 2.35 bits per heavy atom. The van der Waals surface area contributed by atoms with Gasteiger partial charge in [-0.2, -0.15) is 0 Å².